The molecule has 0 spiro atoms. The Labute approximate surface area is 150 Å². The highest BCUT2D eigenvalue weighted by Crippen LogP contribution is 2.25. The van der Waals surface area contributed by atoms with E-state index >= 15 is 0 Å². The number of carbonyl (C=O) groups is 1. The van der Waals surface area contributed by atoms with Crippen molar-refractivity contribution in [1.29, 1.82) is 0 Å². The van der Waals surface area contributed by atoms with Crippen LogP contribution in [0.5, 0.6) is 5.75 Å². The van der Waals surface area contributed by atoms with E-state index < -0.39 is 15.8 Å². The van der Waals surface area contributed by atoms with E-state index in [-0.39, 0.29) is 22.1 Å². The smallest absolute Gasteiger partial charge is 0.338 e. The molecule has 0 bridgehead atoms. The maximum atomic E-state index is 12.2. The zero-order valence-corrected chi connectivity index (χ0v) is 15.2. The molecule has 0 unspecified atom stereocenters. The predicted octanol–water partition coefficient (Wildman–Crippen LogP) is 3.76. The van der Waals surface area contributed by atoms with Crippen LogP contribution in [0.2, 0.25) is 10.0 Å². The van der Waals surface area contributed by atoms with Crippen LogP contribution in [0, 0.1) is 0 Å². The van der Waals surface area contributed by atoms with Gasteiger partial charge in [-0.2, -0.15) is 0 Å². The third-order valence-electron chi connectivity index (χ3n) is 3.17. The van der Waals surface area contributed by atoms with Gasteiger partial charge in [0.2, 0.25) is 0 Å². The molecule has 0 aliphatic rings. The van der Waals surface area contributed by atoms with Gasteiger partial charge in [0.25, 0.3) is 0 Å². The maximum Gasteiger partial charge on any atom is 0.338 e. The largest absolute Gasteiger partial charge is 0.496 e. The number of esters is 1. The number of carbonyl (C=O) groups excluding carboxylic acids is 1. The van der Waals surface area contributed by atoms with Crippen LogP contribution in [0.15, 0.2) is 41.3 Å². The van der Waals surface area contributed by atoms with E-state index in [1.54, 1.807) is 18.2 Å². The van der Waals surface area contributed by atoms with Crippen molar-refractivity contribution < 1.29 is 22.7 Å². The fraction of sp³-hybridized carbons (Fsp3) is 0.188. The Morgan fingerprint density at radius 2 is 1.83 bits per heavy atom. The van der Waals surface area contributed by atoms with Crippen LogP contribution in [0.1, 0.15) is 15.9 Å². The average Bonchev–Trinajstić information content (AvgIpc) is 2.52. The second-order valence-corrected chi connectivity index (χ2v) is 7.78. The standard InChI is InChI=1S/C16H14Cl2O5S/c1-22-14-6-4-12(17)7-11(14)9-23-16(19)10-3-5-13(18)15(8-10)24(2,20)21/h3-8H,9H2,1-2H3. The van der Waals surface area contributed by atoms with Gasteiger partial charge >= 0.3 is 5.97 Å². The van der Waals surface area contributed by atoms with Crippen LogP contribution in [-0.4, -0.2) is 27.8 Å². The van der Waals surface area contributed by atoms with Crippen LogP contribution < -0.4 is 4.74 Å². The van der Waals surface area contributed by atoms with Gasteiger partial charge in [0.05, 0.1) is 22.6 Å². The molecule has 0 aromatic heterocycles. The minimum Gasteiger partial charge on any atom is -0.496 e. The Morgan fingerprint density at radius 3 is 2.46 bits per heavy atom. The molecule has 8 heteroatoms. The molecule has 2 rings (SSSR count). The van der Waals surface area contributed by atoms with Gasteiger partial charge in [-0.3, -0.25) is 0 Å². The summed E-state index contributed by atoms with van der Waals surface area (Å²) in [6, 6.07) is 8.87. The van der Waals surface area contributed by atoms with Gasteiger partial charge in [0, 0.05) is 16.8 Å². The molecule has 0 amide bonds. The lowest BCUT2D eigenvalue weighted by atomic mass is 10.2. The van der Waals surface area contributed by atoms with Crippen molar-refractivity contribution in [1.82, 2.24) is 0 Å². The molecule has 0 aliphatic carbocycles. The Bertz CT molecular complexity index is 878. The highest BCUT2D eigenvalue weighted by Gasteiger charge is 2.17. The van der Waals surface area contributed by atoms with E-state index in [2.05, 4.69) is 0 Å². The quantitative estimate of drug-likeness (QED) is 0.729. The normalized spacial score (nSPS) is 11.2. The van der Waals surface area contributed by atoms with Gasteiger partial charge in [-0.05, 0) is 36.4 Å². The van der Waals surface area contributed by atoms with E-state index in [1.807, 2.05) is 0 Å². The average molecular weight is 389 g/mol. The van der Waals surface area contributed by atoms with Crippen molar-refractivity contribution in [2.24, 2.45) is 0 Å². The zero-order chi connectivity index (χ0) is 17.9. The summed E-state index contributed by atoms with van der Waals surface area (Å²) >= 11 is 11.8. The lowest BCUT2D eigenvalue weighted by Gasteiger charge is -2.10. The lowest BCUT2D eigenvalue weighted by Crippen LogP contribution is -2.08. The Morgan fingerprint density at radius 1 is 1.12 bits per heavy atom. The number of hydrogen-bond acceptors (Lipinski definition) is 5. The van der Waals surface area contributed by atoms with Gasteiger partial charge in [-0.25, -0.2) is 13.2 Å². The Balaban J connectivity index is 2.21. The summed E-state index contributed by atoms with van der Waals surface area (Å²) in [5.41, 5.74) is 0.677. The molecule has 128 valence electrons. The van der Waals surface area contributed by atoms with Gasteiger partial charge in [-0.1, -0.05) is 23.2 Å². The van der Waals surface area contributed by atoms with E-state index in [4.69, 9.17) is 32.7 Å². The first kappa shape index (κ1) is 18.6. The first-order valence-corrected chi connectivity index (χ1v) is 9.36. The fourth-order valence-corrected chi connectivity index (χ4v) is 3.50. The van der Waals surface area contributed by atoms with Crippen molar-refractivity contribution >= 4 is 39.0 Å². The number of ether oxygens (including phenoxy) is 2. The number of methoxy groups -OCH3 is 1. The molecule has 0 saturated carbocycles. The zero-order valence-electron chi connectivity index (χ0n) is 12.9. The topological polar surface area (TPSA) is 69.7 Å². The summed E-state index contributed by atoms with van der Waals surface area (Å²) < 4.78 is 33.7. The molecule has 0 atom stereocenters. The molecule has 0 heterocycles. The summed E-state index contributed by atoms with van der Waals surface area (Å²) in [6.07, 6.45) is 1.01. The first-order valence-electron chi connectivity index (χ1n) is 6.71. The van der Waals surface area contributed by atoms with E-state index in [1.165, 1.54) is 25.3 Å². The number of halogens is 2. The number of rotatable bonds is 5. The van der Waals surface area contributed by atoms with E-state index in [0.29, 0.717) is 16.3 Å². The second kappa shape index (κ2) is 7.42. The Kier molecular flexibility index (Phi) is 5.74. The molecule has 0 saturated heterocycles. The molecular formula is C16H14Cl2O5S. The molecule has 0 fully saturated rings. The van der Waals surface area contributed by atoms with E-state index in [0.717, 1.165) is 6.26 Å². The van der Waals surface area contributed by atoms with Crippen molar-refractivity contribution in [2.45, 2.75) is 11.5 Å². The molecule has 0 N–H and O–H groups in total. The lowest BCUT2D eigenvalue weighted by molar-refractivity contribution is 0.0470. The number of benzene rings is 2. The third-order valence-corrected chi connectivity index (χ3v) is 4.98. The summed E-state index contributed by atoms with van der Waals surface area (Å²) in [7, 11) is -2.06. The molecule has 5 nitrogen and oxygen atoms in total. The molecular weight excluding hydrogens is 375 g/mol. The van der Waals surface area contributed by atoms with Crippen LogP contribution in [-0.2, 0) is 21.2 Å². The van der Waals surface area contributed by atoms with Crippen molar-refractivity contribution in [3.63, 3.8) is 0 Å². The van der Waals surface area contributed by atoms with Crippen LogP contribution in [0.25, 0.3) is 0 Å². The first-order chi connectivity index (χ1) is 11.2. The highest BCUT2D eigenvalue weighted by molar-refractivity contribution is 7.90. The van der Waals surface area contributed by atoms with E-state index in [9.17, 15) is 13.2 Å². The summed E-state index contributed by atoms with van der Waals surface area (Å²) in [6.45, 7) is -0.0700. The molecule has 2 aromatic carbocycles. The van der Waals surface area contributed by atoms with Gasteiger partial charge in [0.1, 0.15) is 12.4 Å². The van der Waals surface area contributed by atoms with Crippen molar-refractivity contribution in [2.75, 3.05) is 13.4 Å². The number of hydrogen-bond donors (Lipinski definition) is 0. The highest BCUT2D eigenvalue weighted by atomic mass is 35.5. The van der Waals surface area contributed by atoms with Crippen molar-refractivity contribution in [3.8, 4) is 5.75 Å². The predicted molar refractivity (Wildman–Crippen MR) is 91.7 cm³/mol. The van der Waals surface area contributed by atoms with Gasteiger partial charge in [-0.15, -0.1) is 0 Å². The third kappa shape index (κ3) is 4.41. The van der Waals surface area contributed by atoms with Crippen LogP contribution in [0.4, 0.5) is 0 Å². The minimum absolute atomic E-state index is 0.0468. The SMILES string of the molecule is COc1ccc(Cl)cc1COC(=O)c1ccc(Cl)c(S(C)(=O)=O)c1. The summed E-state index contributed by atoms with van der Waals surface area (Å²) in [5, 5.41) is 0.526. The molecule has 24 heavy (non-hydrogen) atoms. The number of sulfone groups is 1. The van der Waals surface area contributed by atoms with Crippen LogP contribution in [0.3, 0.4) is 0 Å². The van der Waals surface area contributed by atoms with Gasteiger partial charge in [0.15, 0.2) is 9.84 Å². The molecule has 0 aliphatic heterocycles. The monoisotopic (exact) mass is 388 g/mol. The van der Waals surface area contributed by atoms with Gasteiger partial charge < -0.3 is 9.47 Å². The fourth-order valence-electron chi connectivity index (χ4n) is 2.00. The van der Waals surface area contributed by atoms with Crippen LogP contribution >= 0.6 is 23.2 Å². The minimum atomic E-state index is -3.55. The molecule has 2 aromatic rings. The second-order valence-electron chi connectivity index (χ2n) is 4.95. The maximum absolute atomic E-state index is 12.2. The summed E-state index contributed by atoms with van der Waals surface area (Å²) in [4.78, 5) is 12.0. The molecule has 0 radical (unpaired) electrons. The summed E-state index contributed by atoms with van der Waals surface area (Å²) in [5.74, 6) is -0.154. The Hall–Kier alpha value is -1.76. The van der Waals surface area contributed by atoms with Crippen molar-refractivity contribution in [3.05, 3.63) is 57.6 Å².